The van der Waals surface area contributed by atoms with E-state index in [4.69, 9.17) is 21.1 Å². The number of H-pyrrole nitrogens is 1. The zero-order valence-electron chi connectivity index (χ0n) is 15.4. The van der Waals surface area contributed by atoms with Crippen LogP contribution in [0, 0.1) is 0 Å². The van der Waals surface area contributed by atoms with Gasteiger partial charge >= 0.3 is 0 Å². The SMILES string of the molecule is CCCc1nc2c(c(=O)[nH]1)CN(Cc1cc(Cl)cc(OC)c1OC)CC2. The number of aryl methyl sites for hydroxylation is 1. The Morgan fingerprint density at radius 3 is 2.81 bits per heavy atom. The van der Waals surface area contributed by atoms with Gasteiger partial charge in [-0.3, -0.25) is 9.69 Å². The van der Waals surface area contributed by atoms with Gasteiger partial charge in [-0.1, -0.05) is 18.5 Å². The van der Waals surface area contributed by atoms with Crippen LogP contribution in [0.15, 0.2) is 16.9 Å². The molecule has 140 valence electrons. The molecular formula is C19H24ClN3O3. The van der Waals surface area contributed by atoms with Gasteiger partial charge in [0, 0.05) is 49.1 Å². The van der Waals surface area contributed by atoms with E-state index < -0.39 is 0 Å². The van der Waals surface area contributed by atoms with Crippen molar-refractivity contribution in [1.29, 1.82) is 0 Å². The minimum atomic E-state index is -0.0289. The fraction of sp³-hybridized carbons (Fsp3) is 0.474. The number of rotatable bonds is 6. The van der Waals surface area contributed by atoms with Gasteiger partial charge in [0.25, 0.3) is 5.56 Å². The van der Waals surface area contributed by atoms with E-state index >= 15 is 0 Å². The van der Waals surface area contributed by atoms with Gasteiger partial charge in [0.05, 0.1) is 25.5 Å². The van der Waals surface area contributed by atoms with Gasteiger partial charge in [0.15, 0.2) is 11.5 Å². The van der Waals surface area contributed by atoms with Crippen LogP contribution in [-0.2, 0) is 25.9 Å². The Labute approximate surface area is 158 Å². The maximum Gasteiger partial charge on any atom is 0.255 e. The highest BCUT2D eigenvalue weighted by molar-refractivity contribution is 6.30. The molecule has 6 nitrogen and oxygen atoms in total. The molecule has 1 aromatic carbocycles. The smallest absolute Gasteiger partial charge is 0.255 e. The maximum absolute atomic E-state index is 12.4. The predicted octanol–water partition coefficient (Wildman–Crippen LogP) is 2.95. The van der Waals surface area contributed by atoms with E-state index in [0.29, 0.717) is 29.6 Å². The summed E-state index contributed by atoms with van der Waals surface area (Å²) in [6.45, 7) is 4.08. The number of benzene rings is 1. The van der Waals surface area contributed by atoms with E-state index in [1.807, 2.05) is 6.07 Å². The molecule has 1 aliphatic heterocycles. The number of aromatic amines is 1. The van der Waals surface area contributed by atoms with Crippen LogP contribution in [0.1, 0.15) is 36.0 Å². The lowest BCUT2D eigenvalue weighted by molar-refractivity contribution is 0.236. The van der Waals surface area contributed by atoms with Gasteiger partial charge in [-0.05, 0) is 12.5 Å². The number of aromatic nitrogens is 2. The molecule has 0 fully saturated rings. The molecule has 3 rings (SSSR count). The van der Waals surface area contributed by atoms with E-state index in [0.717, 1.165) is 48.5 Å². The lowest BCUT2D eigenvalue weighted by Crippen LogP contribution is -2.35. The first kappa shape index (κ1) is 18.7. The second-order valence-electron chi connectivity index (χ2n) is 6.45. The highest BCUT2D eigenvalue weighted by Crippen LogP contribution is 2.35. The quantitative estimate of drug-likeness (QED) is 0.838. The van der Waals surface area contributed by atoms with Crippen molar-refractivity contribution in [3.63, 3.8) is 0 Å². The number of hydrogen-bond donors (Lipinski definition) is 1. The number of hydrogen-bond acceptors (Lipinski definition) is 5. The second kappa shape index (κ2) is 8.10. The van der Waals surface area contributed by atoms with E-state index in [-0.39, 0.29) is 5.56 Å². The van der Waals surface area contributed by atoms with Crippen LogP contribution in [0.2, 0.25) is 5.02 Å². The summed E-state index contributed by atoms with van der Waals surface area (Å²) in [7, 11) is 3.21. The van der Waals surface area contributed by atoms with Crippen LogP contribution in [-0.4, -0.2) is 35.6 Å². The molecule has 26 heavy (non-hydrogen) atoms. The van der Waals surface area contributed by atoms with Crippen molar-refractivity contribution in [2.45, 2.75) is 39.3 Å². The Bertz CT molecular complexity index is 851. The zero-order chi connectivity index (χ0) is 18.7. The zero-order valence-corrected chi connectivity index (χ0v) is 16.2. The minimum Gasteiger partial charge on any atom is -0.493 e. The molecule has 1 aliphatic rings. The summed E-state index contributed by atoms with van der Waals surface area (Å²) < 4.78 is 10.9. The van der Waals surface area contributed by atoms with Crippen molar-refractivity contribution in [1.82, 2.24) is 14.9 Å². The van der Waals surface area contributed by atoms with Crippen molar-refractivity contribution in [3.05, 3.63) is 50.2 Å². The normalized spacial score (nSPS) is 14.2. The van der Waals surface area contributed by atoms with Crippen LogP contribution in [0.4, 0.5) is 0 Å². The third-order valence-corrected chi connectivity index (χ3v) is 4.82. The molecule has 0 spiro atoms. The topological polar surface area (TPSA) is 67.5 Å². The highest BCUT2D eigenvalue weighted by Gasteiger charge is 2.23. The largest absolute Gasteiger partial charge is 0.493 e. The molecule has 2 heterocycles. The van der Waals surface area contributed by atoms with Crippen molar-refractivity contribution < 1.29 is 9.47 Å². The van der Waals surface area contributed by atoms with E-state index in [2.05, 4.69) is 21.8 Å². The minimum absolute atomic E-state index is 0.0289. The van der Waals surface area contributed by atoms with Crippen molar-refractivity contribution in [2.24, 2.45) is 0 Å². The summed E-state index contributed by atoms with van der Waals surface area (Å²) in [6.07, 6.45) is 2.52. The molecular weight excluding hydrogens is 354 g/mol. The standard InChI is InChI=1S/C19H24ClN3O3/c1-4-5-17-21-15-6-7-23(11-14(15)19(24)22-17)10-12-8-13(20)9-16(25-2)18(12)26-3/h8-9H,4-7,10-11H2,1-3H3,(H,21,22,24). The van der Waals surface area contributed by atoms with Gasteiger partial charge in [0.1, 0.15) is 5.82 Å². The van der Waals surface area contributed by atoms with Gasteiger partial charge in [-0.15, -0.1) is 0 Å². The molecule has 0 bridgehead atoms. The third-order valence-electron chi connectivity index (χ3n) is 4.60. The first-order valence-electron chi connectivity index (χ1n) is 8.79. The Hall–Kier alpha value is -2.05. The summed E-state index contributed by atoms with van der Waals surface area (Å²) in [5.74, 6) is 2.06. The van der Waals surface area contributed by atoms with Crippen LogP contribution >= 0.6 is 11.6 Å². The van der Waals surface area contributed by atoms with Gasteiger partial charge in [-0.2, -0.15) is 0 Å². The molecule has 0 saturated heterocycles. The summed E-state index contributed by atoms with van der Waals surface area (Å²) >= 11 is 6.21. The van der Waals surface area contributed by atoms with E-state index in [1.165, 1.54) is 0 Å². The second-order valence-corrected chi connectivity index (χ2v) is 6.89. The number of methoxy groups -OCH3 is 2. The summed E-state index contributed by atoms with van der Waals surface area (Å²) in [5, 5.41) is 0.596. The first-order chi connectivity index (χ1) is 12.5. The number of nitrogens with zero attached hydrogens (tertiary/aromatic N) is 2. The van der Waals surface area contributed by atoms with Crippen LogP contribution < -0.4 is 15.0 Å². The Morgan fingerprint density at radius 2 is 2.12 bits per heavy atom. The van der Waals surface area contributed by atoms with Crippen molar-refractivity contribution >= 4 is 11.6 Å². The summed E-state index contributed by atoms with van der Waals surface area (Å²) in [6, 6.07) is 3.62. The van der Waals surface area contributed by atoms with E-state index in [1.54, 1.807) is 20.3 Å². The Morgan fingerprint density at radius 1 is 1.31 bits per heavy atom. The highest BCUT2D eigenvalue weighted by atomic mass is 35.5. The van der Waals surface area contributed by atoms with Crippen molar-refractivity contribution in [2.75, 3.05) is 20.8 Å². The average Bonchev–Trinajstić information content (AvgIpc) is 2.62. The molecule has 1 N–H and O–H groups in total. The van der Waals surface area contributed by atoms with E-state index in [9.17, 15) is 4.79 Å². The van der Waals surface area contributed by atoms with Crippen molar-refractivity contribution in [3.8, 4) is 11.5 Å². The lowest BCUT2D eigenvalue weighted by Gasteiger charge is -2.28. The van der Waals surface area contributed by atoms with Crippen LogP contribution in [0.3, 0.4) is 0 Å². The molecule has 2 aromatic rings. The molecule has 0 saturated carbocycles. The predicted molar refractivity (Wildman–Crippen MR) is 101 cm³/mol. The first-order valence-corrected chi connectivity index (χ1v) is 9.17. The molecule has 0 radical (unpaired) electrons. The molecule has 0 unspecified atom stereocenters. The average molecular weight is 378 g/mol. The molecule has 0 atom stereocenters. The summed E-state index contributed by atoms with van der Waals surface area (Å²) in [4.78, 5) is 22.2. The van der Waals surface area contributed by atoms with Crippen LogP contribution in [0.25, 0.3) is 0 Å². The van der Waals surface area contributed by atoms with Crippen LogP contribution in [0.5, 0.6) is 11.5 Å². The fourth-order valence-corrected chi connectivity index (χ4v) is 3.62. The number of halogens is 1. The molecule has 1 aromatic heterocycles. The Balaban J connectivity index is 1.84. The summed E-state index contributed by atoms with van der Waals surface area (Å²) in [5.41, 5.74) is 2.58. The third kappa shape index (κ3) is 3.86. The van der Waals surface area contributed by atoms with Gasteiger partial charge < -0.3 is 14.5 Å². The molecule has 0 aliphatic carbocycles. The monoisotopic (exact) mass is 377 g/mol. The molecule has 0 amide bonds. The Kier molecular flexibility index (Phi) is 5.84. The lowest BCUT2D eigenvalue weighted by atomic mass is 10.1. The molecule has 7 heteroatoms. The number of ether oxygens (including phenoxy) is 2. The van der Waals surface area contributed by atoms with Gasteiger partial charge in [0.2, 0.25) is 0 Å². The fourth-order valence-electron chi connectivity index (χ4n) is 3.39. The van der Waals surface area contributed by atoms with Gasteiger partial charge in [-0.25, -0.2) is 4.98 Å². The number of nitrogens with one attached hydrogen (secondary N) is 1. The maximum atomic E-state index is 12.4. The number of fused-ring (bicyclic) bond motifs is 1.